The molecule has 2 N–H and O–H groups in total. The summed E-state index contributed by atoms with van der Waals surface area (Å²) in [7, 11) is 0. The van der Waals surface area contributed by atoms with Crippen LogP contribution in [0.4, 0.5) is 0 Å². The molecule has 1 amide bonds. The number of carbonyl (C=O) groups is 2. The monoisotopic (exact) mass is 267 g/mol. The van der Waals surface area contributed by atoms with E-state index in [1.54, 1.807) is 12.1 Å². The number of aliphatic carboxylic acids is 1. The second-order valence-electron chi connectivity index (χ2n) is 3.87. The summed E-state index contributed by atoms with van der Waals surface area (Å²) in [4.78, 5) is 23.0. The Morgan fingerprint density at radius 1 is 1.33 bits per heavy atom. The molecular formula is C13H17NO3S. The van der Waals surface area contributed by atoms with Crippen LogP contribution >= 0.6 is 11.8 Å². The van der Waals surface area contributed by atoms with E-state index in [4.69, 9.17) is 5.11 Å². The first kappa shape index (κ1) is 14.6. The summed E-state index contributed by atoms with van der Waals surface area (Å²) in [5.74, 6) is -0.830. The lowest BCUT2D eigenvalue weighted by atomic mass is 10.2. The maximum absolute atomic E-state index is 11.6. The minimum absolute atomic E-state index is 0.0112. The molecular weight excluding hydrogens is 250 g/mol. The number of thioether (sulfide) groups is 1. The standard InChI is InChI=1S/C13H17NO3S/c1-3-14-13(17)9(2)18-11-6-4-10(5-7-11)8-12(15)16/h4-7,9H,3,8H2,1-2H3,(H,14,17)(H,15,16). The molecule has 0 aliphatic heterocycles. The maximum atomic E-state index is 11.6. The van der Waals surface area contributed by atoms with Gasteiger partial charge in [0.25, 0.3) is 0 Å². The van der Waals surface area contributed by atoms with Gasteiger partial charge in [-0.15, -0.1) is 11.8 Å². The Balaban J connectivity index is 2.58. The number of hydrogen-bond donors (Lipinski definition) is 2. The highest BCUT2D eigenvalue weighted by molar-refractivity contribution is 8.00. The molecule has 0 aromatic heterocycles. The van der Waals surface area contributed by atoms with Gasteiger partial charge in [-0.25, -0.2) is 0 Å². The highest BCUT2D eigenvalue weighted by Crippen LogP contribution is 2.23. The van der Waals surface area contributed by atoms with Gasteiger partial charge in [-0.3, -0.25) is 9.59 Å². The van der Waals surface area contributed by atoms with Crippen molar-refractivity contribution < 1.29 is 14.7 Å². The Morgan fingerprint density at radius 2 is 1.94 bits per heavy atom. The average molecular weight is 267 g/mol. The molecule has 18 heavy (non-hydrogen) atoms. The predicted molar refractivity (Wildman–Crippen MR) is 71.8 cm³/mol. The summed E-state index contributed by atoms with van der Waals surface area (Å²) in [5.41, 5.74) is 0.762. The largest absolute Gasteiger partial charge is 0.481 e. The minimum Gasteiger partial charge on any atom is -0.481 e. The number of benzene rings is 1. The van der Waals surface area contributed by atoms with Crippen molar-refractivity contribution in [1.82, 2.24) is 5.32 Å². The van der Waals surface area contributed by atoms with Gasteiger partial charge < -0.3 is 10.4 Å². The lowest BCUT2D eigenvalue weighted by molar-refractivity contribution is -0.136. The van der Waals surface area contributed by atoms with Gasteiger partial charge in [0.1, 0.15) is 0 Å². The van der Waals surface area contributed by atoms with Crippen molar-refractivity contribution in [3.63, 3.8) is 0 Å². The molecule has 0 aliphatic rings. The molecule has 0 radical (unpaired) electrons. The van der Waals surface area contributed by atoms with Crippen molar-refractivity contribution in [2.45, 2.75) is 30.4 Å². The molecule has 98 valence electrons. The third-order valence-electron chi connectivity index (χ3n) is 2.31. The van der Waals surface area contributed by atoms with Crippen LogP contribution in [0.3, 0.4) is 0 Å². The van der Waals surface area contributed by atoms with Gasteiger partial charge in [0.05, 0.1) is 11.7 Å². The number of rotatable bonds is 6. The second-order valence-corrected chi connectivity index (χ2v) is 5.28. The molecule has 1 unspecified atom stereocenters. The first-order chi connectivity index (χ1) is 8.52. The molecule has 0 aliphatic carbocycles. The fourth-order valence-corrected chi connectivity index (χ4v) is 2.33. The predicted octanol–water partition coefficient (Wildman–Crippen LogP) is 1.93. The van der Waals surface area contributed by atoms with E-state index in [0.717, 1.165) is 10.5 Å². The molecule has 0 bridgehead atoms. The minimum atomic E-state index is -0.842. The van der Waals surface area contributed by atoms with Crippen LogP contribution in [0.25, 0.3) is 0 Å². The summed E-state index contributed by atoms with van der Waals surface area (Å²) in [6.45, 7) is 4.36. The van der Waals surface area contributed by atoms with E-state index in [2.05, 4.69) is 5.32 Å². The summed E-state index contributed by atoms with van der Waals surface area (Å²) in [6.07, 6.45) is 0.0246. The van der Waals surface area contributed by atoms with Crippen molar-refractivity contribution in [2.24, 2.45) is 0 Å². The highest BCUT2D eigenvalue weighted by atomic mass is 32.2. The third kappa shape index (κ3) is 4.79. The van der Waals surface area contributed by atoms with E-state index in [0.29, 0.717) is 6.54 Å². The van der Waals surface area contributed by atoms with Crippen molar-refractivity contribution in [3.05, 3.63) is 29.8 Å². The Morgan fingerprint density at radius 3 is 2.44 bits per heavy atom. The summed E-state index contributed by atoms with van der Waals surface area (Å²) in [5, 5.41) is 11.3. The van der Waals surface area contributed by atoms with Crippen LogP contribution in [0.15, 0.2) is 29.2 Å². The number of carbonyl (C=O) groups excluding carboxylic acids is 1. The Labute approximate surface area is 111 Å². The smallest absolute Gasteiger partial charge is 0.307 e. The summed E-state index contributed by atoms with van der Waals surface area (Å²) >= 11 is 1.46. The first-order valence-electron chi connectivity index (χ1n) is 5.78. The van der Waals surface area contributed by atoms with E-state index in [1.165, 1.54) is 11.8 Å². The number of hydrogen-bond acceptors (Lipinski definition) is 3. The van der Waals surface area contributed by atoms with Crippen LogP contribution < -0.4 is 5.32 Å². The Kier molecular flexibility index (Phi) is 5.71. The van der Waals surface area contributed by atoms with Crippen LogP contribution in [0.2, 0.25) is 0 Å². The van der Waals surface area contributed by atoms with Gasteiger partial charge in [0, 0.05) is 11.4 Å². The lowest BCUT2D eigenvalue weighted by Gasteiger charge is -2.10. The molecule has 0 spiro atoms. The van der Waals surface area contributed by atoms with Crippen LogP contribution in [0.1, 0.15) is 19.4 Å². The number of amides is 1. The van der Waals surface area contributed by atoms with Crippen molar-refractivity contribution in [2.75, 3.05) is 6.54 Å². The van der Waals surface area contributed by atoms with Crippen LogP contribution in [0.5, 0.6) is 0 Å². The highest BCUT2D eigenvalue weighted by Gasteiger charge is 2.13. The molecule has 0 saturated carbocycles. The number of nitrogens with one attached hydrogen (secondary N) is 1. The third-order valence-corrected chi connectivity index (χ3v) is 3.42. The molecule has 0 saturated heterocycles. The molecule has 4 nitrogen and oxygen atoms in total. The second kappa shape index (κ2) is 7.06. The normalized spacial score (nSPS) is 11.9. The summed E-state index contributed by atoms with van der Waals surface area (Å²) < 4.78 is 0. The van der Waals surface area contributed by atoms with E-state index < -0.39 is 5.97 Å². The van der Waals surface area contributed by atoms with Gasteiger partial charge >= 0.3 is 5.97 Å². The van der Waals surface area contributed by atoms with E-state index in [9.17, 15) is 9.59 Å². The van der Waals surface area contributed by atoms with Crippen LogP contribution in [0, 0.1) is 0 Å². The topological polar surface area (TPSA) is 66.4 Å². The van der Waals surface area contributed by atoms with Crippen molar-refractivity contribution in [3.8, 4) is 0 Å². The van der Waals surface area contributed by atoms with Crippen molar-refractivity contribution in [1.29, 1.82) is 0 Å². The van der Waals surface area contributed by atoms with Gasteiger partial charge in [-0.2, -0.15) is 0 Å². The zero-order valence-electron chi connectivity index (χ0n) is 10.5. The van der Waals surface area contributed by atoms with E-state index in [-0.39, 0.29) is 17.6 Å². The zero-order chi connectivity index (χ0) is 13.5. The Hall–Kier alpha value is -1.49. The lowest BCUT2D eigenvalue weighted by Crippen LogP contribution is -2.30. The molecule has 1 aromatic rings. The Bertz CT molecular complexity index is 417. The average Bonchev–Trinajstić information content (AvgIpc) is 2.31. The van der Waals surface area contributed by atoms with Gasteiger partial charge in [0.15, 0.2) is 0 Å². The quantitative estimate of drug-likeness (QED) is 0.773. The van der Waals surface area contributed by atoms with E-state index in [1.807, 2.05) is 26.0 Å². The van der Waals surface area contributed by atoms with Gasteiger partial charge in [-0.1, -0.05) is 12.1 Å². The molecule has 1 rings (SSSR count). The zero-order valence-corrected chi connectivity index (χ0v) is 11.3. The molecule has 1 aromatic carbocycles. The molecule has 0 fully saturated rings. The van der Waals surface area contributed by atoms with Crippen molar-refractivity contribution >= 4 is 23.6 Å². The first-order valence-corrected chi connectivity index (χ1v) is 6.66. The van der Waals surface area contributed by atoms with Gasteiger partial charge in [-0.05, 0) is 31.5 Å². The van der Waals surface area contributed by atoms with Gasteiger partial charge in [0.2, 0.25) is 5.91 Å². The molecule has 0 heterocycles. The van der Waals surface area contributed by atoms with Crippen LogP contribution in [-0.2, 0) is 16.0 Å². The summed E-state index contributed by atoms with van der Waals surface area (Å²) in [6, 6.07) is 7.25. The van der Waals surface area contributed by atoms with E-state index >= 15 is 0 Å². The SMILES string of the molecule is CCNC(=O)C(C)Sc1ccc(CC(=O)O)cc1. The molecule has 5 heteroatoms. The molecule has 1 atom stereocenters. The van der Waals surface area contributed by atoms with Crippen LogP contribution in [-0.4, -0.2) is 28.8 Å². The maximum Gasteiger partial charge on any atom is 0.307 e. The fraction of sp³-hybridized carbons (Fsp3) is 0.385. The fourth-order valence-electron chi connectivity index (χ4n) is 1.44. The number of carboxylic acids is 1. The number of carboxylic acid groups (broad SMARTS) is 1.